The van der Waals surface area contributed by atoms with E-state index >= 15 is 0 Å². The number of nitrogens with one attached hydrogen (secondary N) is 1. The van der Waals surface area contributed by atoms with Crippen LogP contribution in [0.5, 0.6) is 0 Å². The monoisotopic (exact) mass is 483 g/mol. The molecule has 0 saturated carbocycles. The van der Waals surface area contributed by atoms with Gasteiger partial charge in [-0.1, -0.05) is 6.92 Å². The summed E-state index contributed by atoms with van der Waals surface area (Å²) < 4.78 is 39.2. The predicted molar refractivity (Wildman–Crippen MR) is 125 cm³/mol. The zero-order chi connectivity index (χ0) is 24.5. The highest BCUT2D eigenvalue weighted by Crippen LogP contribution is 2.23. The molecule has 1 unspecified atom stereocenters. The first-order valence-corrected chi connectivity index (χ1v) is 12.2. The Hall–Kier alpha value is -3.93. The molecule has 0 spiro atoms. The maximum atomic E-state index is 13.3. The van der Waals surface area contributed by atoms with Crippen molar-refractivity contribution in [2.24, 2.45) is 0 Å². The van der Waals surface area contributed by atoms with E-state index in [0.717, 1.165) is 10.6 Å². The van der Waals surface area contributed by atoms with Crippen molar-refractivity contribution < 1.29 is 17.6 Å². The summed E-state index contributed by atoms with van der Waals surface area (Å²) in [7, 11) is -2.12. The van der Waals surface area contributed by atoms with Gasteiger partial charge in [-0.15, -0.1) is 0 Å². The quantitative estimate of drug-likeness (QED) is 0.429. The molecule has 1 amide bonds. The van der Waals surface area contributed by atoms with Crippen LogP contribution in [0, 0.1) is 5.82 Å². The largest absolute Gasteiger partial charge is 0.345 e. The molecule has 4 rings (SSSR count). The van der Waals surface area contributed by atoms with E-state index in [0.29, 0.717) is 34.1 Å². The summed E-state index contributed by atoms with van der Waals surface area (Å²) in [5.74, 6) is -0.681. The second-order valence-electron chi connectivity index (χ2n) is 7.63. The summed E-state index contributed by atoms with van der Waals surface area (Å²) in [6.07, 6.45) is 9.20. The SMILES string of the molecule is CCC(NC(=O)c1cncc2c1cnn2-c1ccc(F)cc1)c1cnc(N(C)S(C)(=O)=O)nc1. The van der Waals surface area contributed by atoms with Crippen LogP contribution in [0.2, 0.25) is 0 Å². The number of carbonyl (C=O) groups excluding carboxylic acids is 1. The lowest BCUT2D eigenvalue weighted by Gasteiger charge is -2.19. The first-order valence-electron chi connectivity index (χ1n) is 10.3. The van der Waals surface area contributed by atoms with Gasteiger partial charge in [-0.25, -0.2) is 31.8 Å². The van der Waals surface area contributed by atoms with Gasteiger partial charge in [-0.05, 0) is 30.7 Å². The first-order chi connectivity index (χ1) is 16.2. The molecule has 1 aromatic carbocycles. The third-order valence-electron chi connectivity index (χ3n) is 5.37. The Labute approximate surface area is 195 Å². The first kappa shape index (κ1) is 23.2. The van der Waals surface area contributed by atoms with E-state index in [9.17, 15) is 17.6 Å². The fourth-order valence-corrected chi connectivity index (χ4v) is 3.78. The molecule has 34 heavy (non-hydrogen) atoms. The van der Waals surface area contributed by atoms with Crippen molar-refractivity contribution in [2.45, 2.75) is 19.4 Å². The van der Waals surface area contributed by atoms with Crippen LogP contribution in [-0.4, -0.2) is 52.4 Å². The molecule has 0 radical (unpaired) electrons. The van der Waals surface area contributed by atoms with Crippen LogP contribution in [0.1, 0.15) is 35.3 Å². The van der Waals surface area contributed by atoms with Gasteiger partial charge in [-0.2, -0.15) is 5.10 Å². The molecule has 0 aliphatic rings. The number of sulfonamides is 1. The summed E-state index contributed by atoms with van der Waals surface area (Å²) in [5, 5.41) is 7.88. The lowest BCUT2D eigenvalue weighted by atomic mass is 10.1. The Bertz CT molecular complexity index is 1440. The van der Waals surface area contributed by atoms with Crippen molar-refractivity contribution in [1.29, 1.82) is 0 Å². The molecular weight excluding hydrogens is 461 g/mol. The summed E-state index contributed by atoms with van der Waals surface area (Å²) >= 11 is 0. The number of rotatable bonds is 7. The second kappa shape index (κ2) is 9.14. The number of fused-ring (bicyclic) bond motifs is 1. The van der Waals surface area contributed by atoms with Crippen molar-refractivity contribution in [3.8, 4) is 5.69 Å². The van der Waals surface area contributed by atoms with Gasteiger partial charge < -0.3 is 5.32 Å². The zero-order valence-electron chi connectivity index (χ0n) is 18.7. The third kappa shape index (κ3) is 4.57. The Kier molecular flexibility index (Phi) is 6.24. The van der Waals surface area contributed by atoms with Gasteiger partial charge in [0, 0.05) is 36.6 Å². The number of aromatic nitrogens is 5. The molecule has 4 aromatic rings. The van der Waals surface area contributed by atoms with Crippen molar-refractivity contribution >= 4 is 32.8 Å². The molecule has 0 fully saturated rings. The normalized spacial score (nSPS) is 12.5. The van der Waals surface area contributed by atoms with Crippen molar-refractivity contribution in [3.05, 3.63) is 72.2 Å². The minimum absolute atomic E-state index is 0.0367. The molecule has 0 aliphatic carbocycles. The number of nitrogens with zero attached hydrogens (tertiary/aromatic N) is 6. The highest BCUT2D eigenvalue weighted by atomic mass is 32.2. The molecule has 1 N–H and O–H groups in total. The van der Waals surface area contributed by atoms with Crippen LogP contribution in [0.25, 0.3) is 16.6 Å². The van der Waals surface area contributed by atoms with Crippen molar-refractivity contribution in [2.75, 3.05) is 17.6 Å². The van der Waals surface area contributed by atoms with Crippen LogP contribution in [0.15, 0.2) is 55.2 Å². The van der Waals surface area contributed by atoms with E-state index in [1.165, 1.54) is 37.8 Å². The molecular formula is C22H22FN7O3S. The van der Waals surface area contributed by atoms with Crippen molar-refractivity contribution in [3.63, 3.8) is 0 Å². The third-order valence-corrected chi connectivity index (χ3v) is 6.52. The number of hydrogen-bond donors (Lipinski definition) is 1. The Balaban J connectivity index is 1.59. The molecule has 176 valence electrons. The van der Waals surface area contributed by atoms with E-state index in [2.05, 4.69) is 25.4 Å². The number of hydrogen-bond acceptors (Lipinski definition) is 7. The van der Waals surface area contributed by atoms with Crippen LogP contribution in [0.4, 0.5) is 10.3 Å². The van der Waals surface area contributed by atoms with Crippen LogP contribution < -0.4 is 9.62 Å². The number of amides is 1. The Morgan fingerprint density at radius 2 is 1.79 bits per heavy atom. The molecule has 10 nitrogen and oxygen atoms in total. The molecule has 0 bridgehead atoms. The standard InChI is InChI=1S/C22H22FN7O3S/c1-4-19(14-9-25-22(26-10-14)29(2)34(3,32)33)28-21(31)18-11-24-13-20-17(18)12-27-30(20)16-7-5-15(23)6-8-16/h5-13,19H,4H2,1-3H3,(H,28,31). The lowest BCUT2D eigenvalue weighted by molar-refractivity contribution is 0.0937. The summed E-state index contributed by atoms with van der Waals surface area (Å²) in [5.41, 5.74) is 2.20. The van der Waals surface area contributed by atoms with Crippen LogP contribution in [-0.2, 0) is 10.0 Å². The van der Waals surface area contributed by atoms with Gasteiger partial charge in [0.2, 0.25) is 16.0 Å². The van der Waals surface area contributed by atoms with E-state index in [4.69, 9.17) is 0 Å². The number of anilines is 1. The molecule has 3 heterocycles. The van der Waals surface area contributed by atoms with Gasteiger partial charge >= 0.3 is 0 Å². The van der Waals surface area contributed by atoms with Crippen molar-refractivity contribution in [1.82, 2.24) is 30.0 Å². The van der Waals surface area contributed by atoms with E-state index in [1.54, 1.807) is 29.2 Å². The van der Waals surface area contributed by atoms with Crippen LogP contribution >= 0.6 is 0 Å². The van der Waals surface area contributed by atoms with Gasteiger partial charge in [0.25, 0.3) is 5.91 Å². The summed E-state index contributed by atoms with van der Waals surface area (Å²) in [4.78, 5) is 25.6. The number of pyridine rings is 1. The summed E-state index contributed by atoms with van der Waals surface area (Å²) in [6.45, 7) is 1.90. The van der Waals surface area contributed by atoms with Crippen LogP contribution in [0.3, 0.4) is 0 Å². The number of halogens is 1. The minimum Gasteiger partial charge on any atom is -0.345 e. The topological polar surface area (TPSA) is 123 Å². The maximum absolute atomic E-state index is 13.3. The average Bonchev–Trinajstić information content (AvgIpc) is 3.26. The molecule has 12 heteroatoms. The number of benzene rings is 1. The molecule has 0 saturated heterocycles. The minimum atomic E-state index is -3.49. The molecule has 1 atom stereocenters. The highest BCUT2D eigenvalue weighted by molar-refractivity contribution is 7.92. The zero-order valence-corrected chi connectivity index (χ0v) is 19.5. The fraction of sp³-hybridized carbons (Fsp3) is 0.227. The number of carbonyl (C=O) groups is 1. The maximum Gasteiger partial charge on any atom is 0.254 e. The van der Waals surface area contributed by atoms with Gasteiger partial charge in [-0.3, -0.25) is 9.78 Å². The highest BCUT2D eigenvalue weighted by Gasteiger charge is 2.20. The average molecular weight is 484 g/mol. The summed E-state index contributed by atoms with van der Waals surface area (Å²) in [6, 6.07) is 5.44. The predicted octanol–water partition coefficient (Wildman–Crippen LogP) is 2.63. The van der Waals surface area contributed by atoms with E-state index in [1.807, 2.05) is 6.92 Å². The molecule has 3 aromatic heterocycles. The smallest absolute Gasteiger partial charge is 0.254 e. The van der Waals surface area contributed by atoms with Gasteiger partial charge in [0.05, 0.1) is 41.5 Å². The second-order valence-corrected chi connectivity index (χ2v) is 9.65. The Morgan fingerprint density at radius 1 is 1.12 bits per heavy atom. The Morgan fingerprint density at radius 3 is 2.41 bits per heavy atom. The molecule has 0 aliphatic heterocycles. The fourth-order valence-electron chi connectivity index (χ4n) is 3.39. The van der Waals surface area contributed by atoms with E-state index in [-0.39, 0.29) is 17.7 Å². The van der Waals surface area contributed by atoms with E-state index < -0.39 is 16.1 Å². The van der Waals surface area contributed by atoms with Gasteiger partial charge in [0.1, 0.15) is 5.82 Å². The lowest BCUT2D eigenvalue weighted by Crippen LogP contribution is -2.29. The van der Waals surface area contributed by atoms with Gasteiger partial charge in [0.15, 0.2) is 0 Å².